The van der Waals surface area contributed by atoms with Crippen molar-refractivity contribution < 1.29 is 23.5 Å². The molecule has 244 valence electrons. The van der Waals surface area contributed by atoms with Crippen LogP contribution in [0.15, 0.2) is 71.6 Å². The fraction of sp³-hybridized carbons (Fsp3) is 0.394. The number of ether oxygens (including phenoxy) is 2. The number of alkyl carbamates (subject to hydrolysis) is 1. The molecule has 0 spiro atoms. The van der Waals surface area contributed by atoms with Crippen molar-refractivity contribution in [1.29, 1.82) is 0 Å². The van der Waals surface area contributed by atoms with Crippen LogP contribution in [-0.4, -0.2) is 64.1 Å². The monoisotopic (exact) mass is 652 g/mol. The Labute approximate surface area is 271 Å². The van der Waals surface area contributed by atoms with Gasteiger partial charge >= 0.3 is 11.8 Å². The summed E-state index contributed by atoms with van der Waals surface area (Å²) in [5.41, 5.74) is 0.190. The van der Waals surface area contributed by atoms with Gasteiger partial charge < -0.3 is 29.6 Å². The summed E-state index contributed by atoms with van der Waals surface area (Å²) in [4.78, 5) is 42.7. The number of alkyl halides is 1. The van der Waals surface area contributed by atoms with E-state index in [1.807, 2.05) is 35.2 Å². The number of allylic oxidation sites excluding steroid dienone is 2. The highest BCUT2D eigenvalue weighted by atomic mass is 35.5. The Hall–Kier alpha value is -4.42. The molecule has 5 rings (SSSR count). The van der Waals surface area contributed by atoms with Crippen LogP contribution >= 0.6 is 11.6 Å². The van der Waals surface area contributed by atoms with Gasteiger partial charge in [-0.1, -0.05) is 30.3 Å². The predicted molar refractivity (Wildman–Crippen MR) is 175 cm³/mol. The van der Waals surface area contributed by atoms with E-state index in [0.29, 0.717) is 42.0 Å². The first-order chi connectivity index (χ1) is 21.7. The topological polar surface area (TPSA) is 120 Å². The summed E-state index contributed by atoms with van der Waals surface area (Å²) in [5.74, 6) is -0.490. The van der Waals surface area contributed by atoms with Gasteiger partial charge in [-0.3, -0.25) is 9.36 Å². The number of carbonyl (C=O) groups excluding carboxylic acids is 2. The van der Waals surface area contributed by atoms with Gasteiger partial charge in [-0.15, -0.1) is 11.6 Å². The Morgan fingerprint density at radius 2 is 1.87 bits per heavy atom. The standard InChI is InChI=1S/C33H38ClFN6O5/c1-20(42)36-26-16-22(17-27(38-26)40-13-12-23(19-40)37-30(43)46-32(2,3)4)33(34)28(41-15-14-39(5)31(41)44)25(35)18-24(29(33)45-6)21-10-8-7-9-11-21/h7-11,14-18,23,29H,12-13,19H2,1-6H3,(H,37,43)(H,36,38,42)/t23-,29?,33?/m0/s1. The van der Waals surface area contributed by atoms with Crippen molar-refractivity contribution in [3.8, 4) is 0 Å². The molecule has 2 amide bonds. The molecule has 11 nitrogen and oxygen atoms in total. The first-order valence-electron chi connectivity index (χ1n) is 14.9. The first kappa shape index (κ1) is 33.0. The van der Waals surface area contributed by atoms with Gasteiger partial charge in [-0.2, -0.15) is 0 Å². The van der Waals surface area contributed by atoms with Gasteiger partial charge in [0.1, 0.15) is 34.0 Å². The molecule has 2 unspecified atom stereocenters. The Morgan fingerprint density at radius 1 is 1.15 bits per heavy atom. The third-order valence-electron chi connectivity index (χ3n) is 7.80. The van der Waals surface area contributed by atoms with Crippen LogP contribution in [0.1, 0.15) is 45.2 Å². The number of rotatable bonds is 7. The van der Waals surface area contributed by atoms with Gasteiger partial charge in [-0.05, 0) is 62.1 Å². The predicted octanol–water partition coefficient (Wildman–Crippen LogP) is 5.03. The molecule has 0 radical (unpaired) electrons. The summed E-state index contributed by atoms with van der Waals surface area (Å²) in [6.45, 7) is 7.64. The Bertz CT molecular complexity index is 1760. The van der Waals surface area contributed by atoms with Crippen LogP contribution < -0.4 is 21.2 Å². The molecule has 2 aliphatic rings. The highest BCUT2D eigenvalue weighted by Gasteiger charge is 2.51. The number of nitrogens with one attached hydrogen (secondary N) is 2. The summed E-state index contributed by atoms with van der Waals surface area (Å²) in [5, 5.41) is 5.63. The van der Waals surface area contributed by atoms with E-state index in [0.717, 1.165) is 0 Å². The van der Waals surface area contributed by atoms with E-state index in [2.05, 4.69) is 15.6 Å². The van der Waals surface area contributed by atoms with Crippen molar-refractivity contribution >= 4 is 46.5 Å². The molecule has 2 aromatic heterocycles. The molecule has 46 heavy (non-hydrogen) atoms. The molecule has 13 heteroatoms. The fourth-order valence-electron chi connectivity index (χ4n) is 5.85. The zero-order valence-corrected chi connectivity index (χ0v) is 27.4. The normalized spacial score (nSPS) is 21.7. The second-order valence-corrected chi connectivity index (χ2v) is 13.0. The summed E-state index contributed by atoms with van der Waals surface area (Å²) in [6.07, 6.45) is 3.40. The fourth-order valence-corrected chi connectivity index (χ4v) is 6.35. The maximum atomic E-state index is 16.5. The van der Waals surface area contributed by atoms with E-state index >= 15 is 4.39 Å². The van der Waals surface area contributed by atoms with Crippen molar-refractivity contribution in [2.45, 2.75) is 56.7 Å². The molecule has 1 fully saturated rings. The number of aromatic nitrogens is 3. The number of amides is 2. The molecule has 3 atom stereocenters. The smallest absolute Gasteiger partial charge is 0.407 e. The number of benzene rings is 1. The third kappa shape index (κ3) is 6.59. The van der Waals surface area contributed by atoms with Gasteiger partial charge in [0.2, 0.25) is 5.91 Å². The van der Waals surface area contributed by atoms with E-state index in [4.69, 9.17) is 21.1 Å². The van der Waals surface area contributed by atoms with Gasteiger partial charge in [-0.25, -0.2) is 19.0 Å². The summed E-state index contributed by atoms with van der Waals surface area (Å²) in [7, 11) is 3.03. The number of pyridine rings is 1. The van der Waals surface area contributed by atoms with Crippen molar-refractivity contribution in [2.75, 3.05) is 30.4 Å². The van der Waals surface area contributed by atoms with Crippen LogP contribution in [0.5, 0.6) is 0 Å². The van der Waals surface area contributed by atoms with E-state index in [-0.39, 0.29) is 23.5 Å². The Morgan fingerprint density at radius 3 is 2.48 bits per heavy atom. The van der Waals surface area contributed by atoms with E-state index in [9.17, 15) is 14.4 Å². The highest BCUT2D eigenvalue weighted by Crippen LogP contribution is 2.53. The lowest BCUT2D eigenvalue weighted by Gasteiger charge is -2.41. The largest absolute Gasteiger partial charge is 0.444 e. The summed E-state index contributed by atoms with van der Waals surface area (Å²) >= 11 is 7.67. The number of hydrogen-bond acceptors (Lipinski definition) is 7. The molecule has 3 aromatic rings. The maximum absolute atomic E-state index is 16.5. The molecule has 1 aliphatic heterocycles. The van der Waals surface area contributed by atoms with Crippen molar-refractivity contribution in [3.05, 3.63) is 88.4 Å². The second-order valence-electron chi connectivity index (χ2n) is 12.4. The Kier molecular flexibility index (Phi) is 9.14. The number of hydrogen-bond donors (Lipinski definition) is 2. The number of imidazole rings is 1. The SMILES string of the molecule is COC1C(c2ccccc2)=CC(F)=C(n2ccn(C)c2=O)C1(Cl)c1cc(NC(C)=O)nc(N2CC[C@H](NC(=O)OC(C)(C)C)C2)c1. The van der Waals surface area contributed by atoms with Gasteiger partial charge in [0.15, 0.2) is 0 Å². The van der Waals surface area contributed by atoms with E-state index < -0.39 is 34.2 Å². The number of nitrogens with zero attached hydrogens (tertiary/aromatic N) is 4. The van der Waals surface area contributed by atoms with E-state index in [1.165, 1.54) is 41.6 Å². The molecule has 1 aromatic carbocycles. The number of aryl methyl sites for hydroxylation is 1. The summed E-state index contributed by atoms with van der Waals surface area (Å²) < 4.78 is 30.5. The molecule has 2 N–H and O–H groups in total. The van der Waals surface area contributed by atoms with Crippen LogP contribution in [0.4, 0.5) is 20.8 Å². The molecule has 0 bridgehead atoms. The molecular weight excluding hydrogens is 615 g/mol. The highest BCUT2D eigenvalue weighted by molar-refractivity contribution is 6.31. The molecule has 1 saturated heterocycles. The second kappa shape index (κ2) is 12.8. The zero-order chi connectivity index (χ0) is 33.4. The van der Waals surface area contributed by atoms with Crippen molar-refractivity contribution in [2.24, 2.45) is 7.05 Å². The zero-order valence-electron chi connectivity index (χ0n) is 26.6. The molecule has 3 heterocycles. The number of anilines is 2. The molecular formula is C33H38ClFN6O5. The minimum Gasteiger partial charge on any atom is -0.444 e. The van der Waals surface area contributed by atoms with Crippen LogP contribution in [0, 0.1) is 0 Å². The van der Waals surface area contributed by atoms with Gasteiger partial charge in [0, 0.05) is 46.6 Å². The minimum atomic E-state index is -1.82. The lowest BCUT2D eigenvalue weighted by molar-refractivity contribution is -0.114. The first-order valence-corrected chi connectivity index (χ1v) is 15.3. The van der Waals surface area contributed by atoms with Crippen LogP contribution in [-0.2, 0) is 26.2 Å². The third-order valence-corrected chi connectivity index (χ3v) is 8.39. The summed E-state index contributed by atoms with van der Waals surface area (Å²) in [6, 6.07) is 12.2. The lowest BCUT2D eigenvalue weighted by atomic mass is 9.79. The number of carbonyl (C=O) groups is 2. The van der Waals surface area contributed by atoms with Crippen LogP contribution in [0.2, 0.25) is 0 Å². The van der Waals surface area contributed by atoms with Crippen LogP contribution in [0.3, 0.4) is 0 Å². The van der Waals surface area contributed by atoms with Crippen molar-refractivity contribution in [3.63, 3.8) is 0 Å². The quantitative estimate of drug-likeness (QED) is 0.344. The van der Waals surface area contributed by atoms with Gasteiger partial charge in [0.05, 0.1) is 11.7 Å². The average molecular weight is 653 g/mol. The minimum absolute atomic E-state index is 0.136. The van der Waals surface area contributed by atoms with E-state index in [1.54, 1.807) is 40.0 Å². The maximum Gasteiger partial charge on any atom is 0.407 e. The number of halogens is 2. The lowest BCUT2D eigenvalue weighted by Crippen LogP contribution is -2.44. The van der Waals surface area contributed by atoms with Gasteiger partial charge in [0.25, 0.3) is 0 Å². The number of methoxy groups -OCH3 is 1. The molecule has 1 aliphatic carbocycles. The Balaban J connectivity index is 1.64. The van der Waals surface area contributed by atoms with Crippen LogP contribution in [0.25, 0.3) is 11.3 Å². The average Bonchev–Trinajstić information content (AvgIpc) is 3.58. The molecule has 0 saturated carbocycles. The van der Waals surface area contributed by atoms with Crippen molar-refractivity contribution in [1.82, 2.24) is 19.4 Å².